The first-order chi connectivity index (χ1) is 13.2. The lowest BCUT2D eigenvalue weighted by molar-refractivity contribution is -0.120. The van der Waals surface area contributed by atoms with Gasteiger partial charge < -0.3 is 24.5 Å². The summed E-state index contributed by atoms with van der Waals surface area (Å²) in [7, 11) is 4.79. The molecule has 1 aromatic heterocycles. The fourth-order valence-corrected chi connectivity index (χ4v) is 3.17. The van der Waals surface area contributed by atoms with Crippen molar-refractivity contribution in [3.63, 3.8) is 0 Å². The van der Waals surface area contributed by atoms with E-state index in [-0.39, 0.29) is 5.91 Å². The Morgan fingerprint density at radius 1 is 1.04 bits per heavy atom. The summed E-state index contributed by atoms with van der Waals surface area (Å²) < 4.78 is 16.1. The maximum atomic E-state index is 12.3. The molecule has 6 nitrogen and oxygen atoms in total. The molecule has 3 rings (SSSR count). The lowest BCUT2D eigenvalue weighted by atomic mass is 10.1. The number of carbonyl (C=O) groups is 1. The lowest BCUT2D eigenvalue weighted by Crippen LogP contribution is -2.27. The highest BCUT2D eigenvalue weighted by Gasteiger charge is 2.14. The van der Waals surface area contributed by atoms with E-state index in [9.17, 15) is 4.79 Å². The topological polar surface area (TPSA) is 72.6 Å². The van der Waals surface area contributed by atoms with Crippen molar-refractivity contribution in [3.05, 3.63) is 53.7 Å². The van der Waals surface area contributed by atoms with Crippen LogP contribution in [0.1, 0.15) is 11.1 Å². The average Bonchev–Trinajstić information content (AvgIpc) is 3.10. The SMILES string of the molecule is COc1cc(CCNC(=O)Cc2c[nH]c3ccccc23)c(OC)c(OC)c1. The molecule has 0 unspecified atom stereocenters. The van der Waals surface area contributed by atoms with Gasteiger partial charge in [-0.25, -0.2) is 0 Å². The highest BCUT2D eigenvalue weighted by Crippen LogP contribution is 2.35. The summed E-state index contributed by atoms with van der Waals surface area (Å²) >= 11 is 0. The molecule has 0 atom stereocenters. The van der Waals surface area contributed by atoms with Gasteiger partial charge in [-0.15, -0.1) is 0 Å². The molecule has 0 aliphatic rings. The van der Waals surface area contributed by atoms with Crippen LogP contribution in [0.3, 0.4) is 0 Å². The van der Waals surface area contributed by atoms with Crippen molar-refractivity contribution in [1.29, 1.82) is 0 Å². The number of H-pyrrole nitrogens is 1. The van der Waals surface area contributed by atoms with Crippen LogP contribution in [0.5, 0.6) is 17.2 Å². The maximum Gasteiger partial charge on any atom is 0.224 e. The van der Waals surface area contributed by atoms with E-state index in [1.807, 2.05) is 36.5 Å². The van der Waals surface area contributed by atoms with Gasteiger partial charge in [-0.2, -0.15) is 0 Å². The Bertz CT molecular complexity index is 933. The highest BCUT2D eigenvalue weighted by atomic mass is 16.5. The minimum Gasteiger partial charge on any atom is -0.497 e. The van der Waals surface area contributed by atoms with Crippen molar-refractivity contribution < 1.29 is 19.0 Å². The molecule has 27 heavy (non-hydrogen) atoms. The summed E-state index contributed by atoms with van der Waals surface area (Å²) in [6.07, 6.45) is 2.83. The highest BCUT2D eigenvalue weighted by molar-refractivity contribution is 5.88. The van der Waals surface area contributed by atoms with Gasteiger partial charge in [0.15, 0.2) is 11.5 Å². The van der Waals surface area contributed by atoms with E-state index in [1.165, 1.54) is 0 Å². The Hall–Kier alpha value is -3.15. The molecular formula is C21H24N2O4. The van der Waals surface area contributed by atoms with Gasteiger partial charge in [0.1, 0.15) is 5.75 Å². The first-order valence-electron chi connectivity index (χ1n) is 8.76. The largest absolute Gasteiger partial charge is 0.497 e. The Kier molecular flexibility index (Phi) is 5.86. The number of benzene rings is 2. The molecule has 2 N–H and O–H groups in total. The van der Waals surface area contributed by atoms with Gasteiger partial charge in [0.05, 0.1) is 27.8 Å². The van der Waals surface area contributed by atoms with Crippen LogP contribution in [-0.4, -0.2) is 38.8 Å². The van der Waals surface area contributed by atoms with Crippen molar-refractivity contribution in [2.24, 2.45) is 0 Å². The molecule has 0 fully saturated rings. The van der Waals surface area contributed by atoms with E-state index < -0.39 is 0 Å². The van der Waals surface area contributed by atoms with Crippen LogP contribution in [0.4, 0.5) is 0 Å². The van der Waals surface area contributed by atoms with E-state index in [2.05, 4.69) is 10.3 Å². The van der Waals surface area contributed by atoms with Gasteiger partial charge in [0, 0.05) is 35.3 Å². The normalized spacial score (nSPS) is 10.6. The lowest BCUT2D eigenvalue weighted by Gasteiger charge is -2.15. The summed E-state index contributed by atoms with van der Waals surface area (Å²) in [4.78, 5) is 15.5. The van der Waals surface area contributed by atoms with Crippen LogP contribution in [0, 0.1) is 0 Å². The number of nitrogens with one attached hydrogen (secondary N) is 2. The molecule has 0 spiro atoms. The fourth-order valence-electron chi connectivity index (χ4n) is 3.17. The Morgan fingerprint density at radius 2 is 1.85 bits per heavy atom. The third-order valence-corrected chi connectivity index (χ3v) is 4.51. The average molecular weight is 368 g/mol. The number of aromatic nitrogens is 1. The van der Waals surface area contributed by atoms with Gasteiger partial charge in [0.25, 0.3) is 0 Å². The van der Waals surface area contributed by atoms with Crippen LogP contribution in [-0.2, 0) is 17.6 Å². The molecule has 0 saturated heterocycles. The van der Waals surface area contributed by atoms with Gasteiger partial charge in [0.2, 0.25) is 5.91 Å². The van der Waals surface area contributed by atoms with Crippen molar-refractivity contribution in [2.45, 2.75) is 12.8 Å². The summed E-state index contributed by atoms with van der Waals surface area (Å²) in [5.74, 6) is 1.93. The standard InChI is InChI=1S/C21H24N2O4/c1-25-16-10-14(21(27-3)19(12-16)26-2)8-9-22-20(24)11-15-13-23-18-7-5-4-6-17(15)18/h4-7,10,12-13,23H,8-9,11H2,1-3H3,(H,22,24). The first-order valence-corrected chi connectivity index (χ1v) is 8.76. The zero-order valence-electron chi connectivity index (χ0n) is 15.8. The van der Waals surface area contributed by atoms with Crippen LogP contribution in [0.25, 0.3) is 10.9 Å². The molecular weight excluding hydrogens is 344 g/mol. The zero-order valence-corrected chi connectivity index (χ0v) is 15.8. The van der Waals surface area contributed by atoms with Gasteiger partial charge >= 0.3 is 0 Å². The number of rotatable bonds is 8. The molecule has 1 heterocycles. The van der Waals surface area contributed by atoms with Gasteiger partial charge in [-0.1, -0.05) is 18.2 Å². The number of aromatic amines is 1. The minimum atomic E-state index is -0.0198. The predicted octanol–water partition coefficient (Wildman–Crippen LogP) is 3.10. The van der Waals surface area contributed by atoms with Crippen molar-refractivity contribution >= 4 is 16.8 Å². The number of para-hydroxylation sites is 1. The number of amides is 1. The van der Waals surface area contributed by atoms with E-state index in [0.717, 1.165) is 22.0 Å². The Labute approximate surface area is 158 Å². The predicted molar refractivity (Wildman–Crippen MR) is 105 cm³/mol. The molecule has 6 heteroatoms. The molecule has 2 aromatic carbocycles. The fraction of sp³-hybridized carbons (Fsp3) is 0.286. The summed E-state index contributed by atoms with van der Waals surface area (Å²) in [6.45, 7) is 0.494. The summed E-state index contributed by atoms with van der Waals surface area (Å²) in [6, 6.07) is 11.6. The van der Waals surface area contributed by atoms with E-state index in [0.29, 0.717) is 36.6 Å². The molecule has 0 aliphatic heterocycles. The Balaban J connectivity index is 1.63. The molecule has 0 radical (unpaired) electrons. The molecule has 1 amide bonds. The van der Waals surface area contributed by atoms with Crippen molar-refractivity contribution in [1.82, 2.24) is 10.3 Å². The third kappa shape index (κ3) is 4.16. The van der Waals surface area contributed by atoms with E-state index in [1.54, 1.807) is 27.4 Å². The Morgan fingerprint density at radius 3 is 2.59 bits per heavy atom. The van der Waals surface area contributed by atoms with Crippen molar-refractivity contribution in [2.75, 3.05) is 27.9 Å². The molecule has 0 aliphatic carbocycles. The van der Waals surface area contributed by atoms with Crippen LogP contribution in [0.15, 0.2) is 42.6 Å². The van der Waals surface area contributed by atoms with Gasteiger partial charge in [-0.05, 0) is 24.1 Å². The second-order valence-electron chi connectivity index (χ2n) is 6.16. The molecule has 142 valence electrons. The molecule has 0 bridgehead atoms. The number of hydrogen-bond donors (Lipinski definition) is 2. The number of carbonyl (C=O) groups excluding carboxylic acids is 1. The number of methoxy groups -OCH3 is 3. The third-order valence-electron chi connectivity index (χ3n) is 4.51. The van der Waals surface area contributed by atoms with Gasteiger partial charge in [-0.3, -0.25) is 4.79 Å². The quantitative estimate of drug-likeness (QED) is 0.641. The number of fused-ring (bicyclic) bond motifs is 1. The molecule has 0 saturated carbocycles. The van der Waals surface area contributed by atoms with E-state index >= 15 is 0 Å². The van der Waals surface area contributed by atoms with Crippen LogP contribution < -0.4 is 19.5 Å². The van der Waals surface area contributed by atoms with Crippen LogP contribution >= 0.6 is 0 Å². The maximum absolute atomic E-state index is 12.3. The van der Waals surface area contributed by atoms with Crippen molar-refractivity contribution in [3.8, 4) is 17.2 Å². The summed E-state index contributed by atoms with van der Waals surface area (Å²) in [5.41, 5.74) is 2.94. The van der Waals surface area contributed by atoms with E-state index in [4.69, 9.17) is 14.2 Å². The minimum absolute atomic E-state index is 0.0198. The van der Waals surface area contributed by atoms with Crippen LogP contribution in [0.2, 0.25) is 0 Å². The smallest absolute Gasteiger partial charge is 0.224 e. The second-order valence-corrected chi connectivity index (χ2v) is 6.16. The summed E-state index contributed by atoms with van der Waals surface area (Å²) in [5, 5.41) is 4.05. The zero-order chi connectivity index (χ0) is 19.2. The number of ether oxygens (including phenoxy) is 3. The first kappa shape index (κ1) is 18.6. The molecule has 3 aromatic rings. The number of hydrogen-bond acceptors (Lipinski definition) is 4. The monoisotopic (exact) mass is 368 g/mol. The second kappa shape index (κ2) is 8.49.